The smallest absolute Gasteiger partial charge is 0.145 e. The summed E-state index contributed by atoms with van der Waals surface area (Å²) in [4.78, 5) is 14.6. The fraction of sp³-hybridized carbons (Fsp3) is 0.138. The Hall–Kier alpha value is -3.57. The van der Waals surface area contributed by atoms with Crippen molar-refractivity contribution in [2.75, 3.05) is 0 Å². The highest BCUT2D eigenvalue weighted by Crippen LogP contribution is 2.38. The molecular formula is C29H23BrN4. The molecule has 6 aromatic rings. The van der Waals surface area contributed by atoms with E-state index in [0.717, 1.165) is 54.4 Å². The molecule has 0 spiro atoms. The fourth-order valence-corrected chi connectivity index (χ4v) is 4.85. The van der Waals surface area contributed by atoms with E-state index in [1.54, 1.807) is 0 Å². The Morgan fingerprint density at radius 1 is 0.706 bits per heavy atom. The van der Waals surface area contributed by atoms with Gasteiger partial charge in [0.15, 0.2) is 0 Å². The Balaban J connectivity index is 1.76. The van der Waals surface area contributed by atoms with Gasteiger partial charge in [-0.15, -0.1) is 0 Å². The summed E-state index contributed by atoms with van der Waals surface area (Å²) in [7, 11) is 0. The van der Waals surface area contributed by atoms with Gasteiger partial charge in [-0.05, 0) is 59.5 Å². The van der Waals surface area contributed by atoms with E-state index in [4.69, 9.17) is 9.97 Å². The first-order chi connectivity index (χ1) is 16.4. The molecule has 0 saturated heterocycles. The van der Waals surface area contributed by atoms with Crippen molar-refractivity contribution >= 4 is 48.8 Å². The molecule has 0 amide bonds. The Kier molecular flexibility index (Phi) is 4.78. The van der Waals surface area contributed by atoms with Crippen molar-refractivity contribution < 1.29 is 0 Å². The first-order valence-electron chi connectivity index (χ1n) is 11.3. The van der Waals surface area contributed by atoms with Gasteiger partial charge < -0.3 is 0 Å². The van der Waals surface area contributed by atoms with Crippen LogP contribution >= 0.6 is 15.9 Å². The van der Waals surface area contributed by atoms with Gasteiger partial charge in [0.25, 0.3) is 0 Å². The van der Waals surface area contributed by atoms with Gasteiger partial charge in [0.2, 0.25) is 0 Å². The number of halogens is 1. The summed E-state index contributed by atoms with van der Waals surface area (Å²) in [5.41, 5.74) is 7.25. The lowest BCUT2D eigenvalue weighted by Gasteiger charge is -2.19. The predicted octanol–water partition coefficient (Wildman–Crippen LogP) is 7.85. The van der Waals surface area contributed by atoms with Crippen molar-refractivity contribution in [1.82, 2.24) is 19.5 Å². The minimum atomic E-state index is 0.0914. The molecule has 3 aromatic heterocycles. The Bertz CT molecular complexity index is 1670. The molecule has 0 atom stereocenters. The number of hydrogen-bond acceptors (Lipinski definition) is 3. The summed E-state index contributed by atoms with van der Waals surface area (Å²) < 4.78 is 3.29. The molecule has 5 heteroatoms. The van der Waals surface area contributed by atoms with Crippen molar-refractivity contribution in [2.24, 2.45) is 0 Å². The van der Waals surface area contributed by atoms with Gasteiger partial charge in [0.05, 0.1) is 22.1 Å². The van der Waals surface area contributed by atoms with Crippen molar-refractivity contribution in [3.05, 3.63) is 95.2 Å². The molecule has 0 unspecified atom stereocenters. The summed E-state index contributed by atoms with van der Waals surface area (Å²) in [5, 5.41) is 2.05. The lowest BCUT2D eigenvalue weighted by molar-refractivity contribution is 0.590. The van der Waals surface area contributed by atoms with Crippen LogP contribution in [-0.4, -0.2) is 19.5 Å². The molecule has 166 valence electrons. The zero-order chi connectivity index (χ0) is 23.4. The molecule has 3 heterocycles. The quantitative estimate of drug-likeness (QED) is 0.224. The molecule has 0 radical (unpaired) electrons. The average Bonchev–Trinajstić information content (AvgIpc) is 3.25. The Morgan fingerprint density at radius 3 is 1.97 bits per heavy atom. The molecule has 0 aliphatic rings. The van der Waals surface area contributed by atoms with Gasteiger partial charge in [-0.1, -0.05) is 61.0 Å². The van der Waals surface area contributed by atoms with Gasteiger partial charge >= 0.3 is 0 Å². The van der Waals surface area contributed by atoms with Crippen LogP contribution in [0, 0.1) is 0 Å². The van der Waals surface area contributed by atoms with E-state index < -0.39 is 0 Å². The van der Waals surface area contributed by atoms with Gasteiger partial charge in [0.1, 0.15) is 5.82 Å². The van der Waals surface area contributed by atoms with Crippen LogP contribution in [-0.2, 0) is 5.41 Å². The number of rotatable bonds is 2. The standard InChI is InChI=1S/C29H23BrN4/c1-29(2,3)19-10-8-18(9-11-19)28-33-26-22-6-4-16-31-24(22)25-23(7-5-17-32-25)27(26)34(28)21-14-12-20(30)13-15-21/h4-17H,1-3H3. The zero-order valence-corrected chi connectivity index (χ0v) is 20.8. The second kappa shape index (κ2) is 7.74. The summed E-state index contributed by atoms with van der Waals surface area (Å²) in [6.07, 6.45) is 3.65. The van der Waals surface area contributed by atoms with Crippen LogP contribution in [0.2, 0.25) is 0 Å². The van der Waals surface area contributed by atoms with Crippen LogP contribution in [0.25, 0.3) is 49.9 Å². The SMILES string of the molecule is CC(C)(C)c1ccc(-c2nc3c4cccnc4c4ncccc4c3n2-c2ccc(Br)cc2)cc1. The molecule has 0 aliphatic carbocycles. The summed E-state index contributed by atoms with van der Waals surface area (Å²) >= 11 is 3.58. The molecule has 0 fully saturated rings. The highest BCUT2D eigenvalue weighted by atomic mass is 79.9. The maximum Gasteiger partial charge on any atom is 0.145 e. The lowest BCUT2D eigenvalue weighted by Crippen LogP contribution is -2.10. The highest BCUT2D eigenvalue weighted by Gasteiger charge is 2.21. The normalized spacial score (nSPS) is 12.1. The molecule has 0 N–H and O–H groups in total. The van der Waals surface area contributed by atoms with E-state index in [-0.39, 0.29) is 5.41 Å². The minimum absolute atomic E-state index is 0.0914. The van der Waals surface area contributed by atoms with Crippen LogP contribution < -0.4 is 0 Å². The molecular weight excluding hydrogens is 484 g/mol. The van der Waals surface area contributed by atoms with E-state index in [0.29, 0.717) is 0 Å². The van der Waals surface area contributed by atoms with Crippen molar-refractivity contribution in [3.63, 3.8) is 0 Å². The van der Waals surface area contributed by atoms with E-state index in [1.165, 1.54) is 5.56 Å². The second-order valence-corrected chi connectivity index (χ2v) is 10.5. The first-order valence-corrected chi connectivity index (χ1v) is 12.1. The third-order valence-electron chi connectivity index (χ3n) is 6.32. The summed E-state index contributed by atoms with van der Waals surface area (Å²) in [6.45, 7) is 6.70. The van der Waals surface area contributed by atoms with Crippen LogP contribution in [0.3, 0.4) is 0 Å². The Labute approximate surface area is 206 Å². The molecule has 0 bridgehead atoms. The molecule has 6 rings (SSSR count). The van der Waals surface area contributed by atoms with Gasteiger partial charge in [-0.25, -0.2) is 4.98 Å². The highest BCUT2D eigenvalue weighted by molar-refractivity contribution is 9.10. The zero-order valence-electron chi connectivity index (χ0n) is 19.2. The number of pyridine rings is 2. The van der Waals surface area contributed by atoms with Crippen molar-refractivity contribution in [1.29, 1.82) is 0 Å². The number of imidazole rings is 1. The minimum Gasteiger partial charge on any atom is -0.292 e. The van der Waals surface area contributed by atoms with E-state index in [1.807, 2.05) is 24.5 Å². The second-order valence-electron chi connectivity index (χ2n) is 9.57. The van der Waals surface area contributed by atoms with Gasteiger partial charge in [0, 0.05) is 38.9 Å². The van der Waals surface area contributed by atoms with Crippen LogP contribution in [0.1, 0.15) is 26.3 Å². The number of aromatic nitrogens is 4. The fourth-order valence-electron chi connectivity index (χ4n) is 4.58. The molecule has 4 nitrogen and oxygen atoms in total. The first kappa shape index (κ1) is 21.0. The van der Waals surface area contributed by atoms with E-state index >= 15 is 0 Å². The topological polar surface area (TPSA) is 43.6 Å². The summed E-state index contributed by atoms with van der Waals surface area (Å²) in [5.74, 6) is 0.902. The van der Waals surface area contributed by atoms with Crippen LogP contribution in [0.15, 0.2) is 89.7 Å². The van der Waals surface area contributed by atoms with Crippen molar-refractivity contribution in [3.8, 4) is 17.1 Å². The molecule has 0 aliphatic heterocycles. The number of benzene rings is 3. The molecule has 0 saturated carbocycles. The monoisotopic (exact) mass is 506 g/mol. The average molecular weight is 507 g/mol. The van der Waals surface area contributed by atoms with E-state index in [2.05, 4.69) is 107 Å². The number of hydrogen-bond donors (Lipinski definition) is 0. The lowest BCUT2D eigenvalue weighted by atomic mass is 9.87. The maximum absolute atomic E-state index is 5.24. The maximum atomic E-state index is 5.24. The third-order valence-corrected chi connectivity index (χ3v) is 6.85. The Morgan fingerprint density at radius 2 is 1.32 bits per heavy atom. The van der Waals surface area contributed by atoms with Crippen molar-refractivity contribution in [2.45, 2.75) is 26.2 Å². The number of fused-ring (bicyclic) bond motifs is 6. The van der Waals surface area contributed by atoms with Gasteiger partial charge in [-0.3, -0.25) is 14.5 Å². The van der Waals surface area contributed by atoms with Crippen LogP contribution in [0.4, 0.5) is 0 Å². The van der Waals surface area contributed by atoms with E-state index in [9.17, 15) is 0 Å². The summed E-state index contributed by atoms with van der Waals surface area (Å²) in [6, 6.07) is 25.3. The molecule has 34 heavy (non-hydrogen) atoms. The van der Waals surface area contributed by atoms with Gasteiger partial charge in [-0.2, -0.15) is 0 Å². The molecule has 3 aromatic carbocycles. The largest absolute Gasteiger partial charge is 0.292 e. The predicted molar refractivity (Wildman–Crippen MR) is 144 cm³/mol. The van der Waals surface area contributed by atoms with Crippen LogP contribution in [0.5, 0.6) is 0 Å². The third kappa shape index (κ3) is 3.31. The number of nitrogens with zero attached hydrogens (tertiary/aromatic N) is 4.